The summed E-state index contributed by atoms with van der Waals surface area (Å²) in [6, 6.07) is 10.0. The van der Waals surface area contributed by atoms with E-state index in [-0.39, 0.29) is 18.0 Å². The second kappa shape index (κ2) is 8.56. The lowest BCUT2D eigenvalue weighted by atomic mass is 9.86. The van der Waals surface area contributed by atoms with E-state index in [0.717, 1.165) is 24.8 Å². The van der Waals surface area contributed by atoms with Crippen molar-refractivity contribution in [3.63, 3.8) is 0 Å². The van der Waals surface area contributed by atoms with Crippen molar-refractivity contribution in [2.24, 2.45) is 5.92 Å². The molecule has 0 bridgehead atoms. The quantitative estimate of drug-likeness (QED) is 0.846. The molecule has 1 saturated carbocycles. The summed E-state index contributed by atoms with van der Waals surface area (Å²) in [4.78, 5) is 25.3. The highest BCUT2D eigenvalue weighted by Crippen LogP contribution is 2.24. The van der Waals surface area contributed by atoms with Crippen LogP contribution in [0.1, 0.15) is 44.6 Å². The first kappa shape index (κ1) is 17.3. The van der Waals surface area contributed by atoms with E-state index in [9.17, 15) is 9.59 Å². The van der Waals surface area contributed by atoms with Crippen molar-refractivity contribution in [2.45, 2.75) is 51.6 Å². The van der Waals surface area contributed by atoms with Gasteiger partial charge in [0.1, 0.15) is 0 Å². The Balaban J connectivity index is 1.87. The summed E-state index contributed by atoms with van der Waals surface area (Å²) < 4.78 is 0. The van der Waals surface area contributed by atoms with Crippen LogP contribution in [0.25, 0.3) is 0 Å². The molecule has 1 aromatic carbocycles. The molecule has 0 radical (unpaired) electrons. The average Bonchev–Trinajstić information content (AvgIpc) is 2.56. The molecule has 0 saturated heterocycles. The average molecular weight is 318 g/mol. The summed E-state index contributed by atoms with van der Waals surface area (Å²) in [6.07, 6.45) is 3.69. The van der Waals surface area contributed by atoms with E-state index in [0.29, 0.717) is 25.9 Å². The molecule has 0 unspecified atom stereocenters. The monoisotopic (exact) mass is 318 g/mol. The van der Waals surface area contributed by atoms with E-state index in [1.54, 1.807) is 0 Å². The molecule has 0 heterocycles. The van der Waals surface area contributed by atoms with Crippen LogP contribution in [0.4, 0.5) is 4.79 Å². The topological polar surface area (TPSA) is 69.6 Å². The number of nitrogens with one attached hydrogen (secondary N) is 1. The first-order chi connectivity index (χ1) is 11.1. The highest BCUT2D eigenvalue weighted by molar-refractivity contribution is 5.74. The zero-order valence-electron chi connectivity index (χ0n) is 13.7. The van der Waals surface area contributed by atoms with Crippen LogP contribution < -0.4 is 5.32 Å². The number of hydrogen-bond donors (Lipinski definition) is 2. The molecule has 1 aliphatic carbocycles. The fourth-order valence-electron chi connectivity index (χ4n) is 3.08. The Morgan fingerprint density at radius 2 is 1.83 bits per heavy atom. The van der Waals surface area contributed by atoms with Crippen molar-refractivity contribution in [2.75, 3.05) is 6.54 Å². The van der Waals surface area contributed by atoms with Gasteiger partial charge in [0.15, 0.2) is 0 Å². The first-order valence-corrected chi connectivity index (χ1v) is 8.42. The van der Waals surface area contributed by atoms with Gasteiger partial charge in [-0.15, -0.1) is 0 Å². The molecule has 0 spiro atoms. The van der Waals surface area contributed by atoms with Crippen LogP contribution in [0.3, 0.4) is 0 Å². The van der Waals surface area contributed by atoms with Crippen molar-refractivity contribution in [1.82, 2.24) is 10.2 Å². The van der Waals surface area contributed by atoms with E-state index < -0.39 is 5.97 Å². The molecule has 23 heavy (non-hydrogen) atoms. The number of carbonyl (C=O) groups is 2. The lowest BCUT2D eigenvalue weighted by Gasteiger charge is -2.30. The van der Waals surface area contributed by atoms with Crippen LogP contribution in [-0.2, 0) is 11.3 Å². The fraction of sp³-hybridized carbons (Fsp3) is 0.556. The van der Waals surface area contributed by atoms with Crippen molar-refractivity contribution in [3.05, 3.63) is 35.9 Å². The van der Waals surface area contributed by atoms with E-state index in [4.69, 9.17) is 5.11 Å². The molecule has 1 aliphatic rings. The number of benzene rings is 1. The van der Waals surface area contributed by atoms with Crippen LogP contribution in [0.5, 0.6) is 0 Å². The van der Waals surface area contributed by atoms with Crippen LogP contribution in [0.2, 0.25) is 0 Å². The Labute approximate surface area is 137 Å². The number of hydrogen-bond acceptors (Lipinski definition) is 2. The molecule has 5 heteroatoms. The van der Waals surface area contributed by atoms with Crippen LogP contribution >= 0.6 is 0 Å². The molecular weight excluding hydrogens is 292 g/mol. The third-order valence-corrected chi connectivity index (χ3v) is 4.40. The summed E-state index contributed by atoms with van der Waals surface area (Å²) in [6.45, 7) is 3.37. The maximum absolute atomic E-state index is 12.5. The predicted molar refractivity (Wildman–Crippen MR) is 89.1 cm³/mol. The normalized spacial score (nSPS) is 20.7. The van der Waals surface area contributed by atoms with Gasteiger partial charge in [-0.05, 0) is 37.7 Å². The zero-order valence-corrected chi connectivity index (χ0v) is 13.7. The van der Waals surface area contributed by atoms with Crippen molar-refractivity contribution in [1.29, 1.82) is 0 Å². The summed E-state index contributed by atoms with van der Waals surface area (Å²) in [5.41, 5.74) is 1.12. The van der Waals surface area contributed by atoms with Crippen LogP contribution in [0, 0.1) is 5.92 Å². The van der Waals surface area contributed by atoms with Gasteiger partial charge < -0.3 is 15.3 Å². The molecule has 2 rings (SSSR count). The second-order valence-electron chi connectivity index (χ2n) is 6.24. The number of carboxylic acid groups (broad SMARTS) is 1. The Kier molecular flexibility index (Phi) is 6.44. The minimum absolute atomic E-state index is 0.0468. The molecule has 1 fully saturated rings. The zero-order chi connectivity index (χ0) is 16.7. The molecule has 0 aromatic heterocycles. The third-order valence-electron chi connectivity index (χ3n) is 4.40. The number of urea groups is 1. The minimum atomic E-state index is -0.716. The number of carbonyl (C=O) groups excluding carboxylic acids is 1. The van der Waals surface area contributed by atoms with Gasteiger partial charge >= 0.3 is 12.0 Å². The van der Waals surface area contributed by atoms with Gasteiger partial charge in [-0.1, -0.05) is 37.3 Å². The highest BCUT2D eigenvalue weighted by Gasteiger charge is 2.27. The lowest BCUT2D eigenvalue weighted by Crippen LogP contribution is -2.46. The Hall–Kier alpha value is -2.04. The van der Waals surface area contributed by atoms with E-state index in [1.165, 1.54) is 0 Å². The standard InChI is InChI=1S/C18H26N2O3/c1-2-12-20(13-14-6-4-3-5-7-14)18(23)19-16-10-8-15(9-11-16)17(21)22/h3-7,15-16H,2,8-13H2,1H3,(H,19,23)(H,21,22). The maximum Gasteiger partial charge on any atom is 0.317 e. The van der Waals surface area contributed by atoms with Crippen LogP contribution in [0.15, 0.2) is 30.3 Å². The summed E-state index contributed by atoms with van der Waals surface area (Å²) in [7, 11) is 0. The molecule has 0 aliphatic heterocycles. The molecule has 2 N–H and O–H groups in total. The summed E-state index contributed by atoms with van der Waals surface area (Å²) >= 11 is 0. The summed E-state index contributed by atoms with van der Waals surface area (Å²) in [5.74, 6) is -0.967. The number of aliphatic carboxylic acids is 1. The SMILES string of the molecule is CCCN(Cc1ccccc1)C(=O)NC1CCC(C(=O)O)CC1. The smallest absolute Gasteiger partial charge is 0.317 e. The van der Waals surface area contributed by atoms with Gasteiger partial charge in [0, 0.05) is 19.1 Å². The van der Waals surface area contributed by atoms with Gasteiger partial charge in [-0.2, -0.15) is 0 Å². The van der Waals surface area contributed by atoms with E-state index in [2.05, 4.69) is 12.2 Å². The maximum atomic E-state index is 12.5. The number of carboxylic acids is 1. The Bertz CT molecular complexity index is 510. The van der Waals surface area contributed by atoms with Gasteiger partial charge in [-0.3, -0.25) is 4.79 Å². The highest BCUT2D eigenvalue weighted by atomic mass is 16.4. The molecule has 2 amide bonds. The minimum Gasteiger partial charge on any atom is -0.481 e. The molecule has 5 nitrogen and oxygen atoms in total. The fourth-order valence-corrected chi connectivity index (χ4v) is 3.08. The molecule has 0 atom stereocenters. The van der Waals surface area contributed by atoms with Crippen molar-refractivity contribution >= 4 is 12.0 Å². The lowest BCUT2D eigenvalue weighted by molar-refractivity contribution is -0.142. The molecule has 126 valence electrons. The van der Waals surface area contributed by atoms with Gasteiger partial charge in [-0.25, -0.2) is 4.79 Å². The number of nitrogens with zero attached hydrogens (tertiary/aromatic N) is 1. The van der Waals surface area contributed by atoms with Crippen LogP contribution in [-0.4, -0.2) is 34.6 Å². The van der Waals surface area contributed by atoms with Crippen molar-refractivity contribution in [3.8, 4) is 0 Å². The number of rotatable bonds is 6. The van der Waals surface area contributed by atoms with Gasteiger partial charge in [0.25, 0.3) is 0 Å². The Morgan fingerprint density at radius 3 is 2.39 bits per heavy atom. The largest absolute Gasteiger partial charge is 0.481 e. The predicted octanol–water partition coefficient (Wildman–Crippen LogP) is 3.25. The van der Waals surface area contributed by atoms with Gasteiger partial charge in [0.2, 0.25) is 0 Å². The third kappa shape index (κ3) is 5.27. The van der Waals surface area contributed by atoms with Crippen molar-refractivity contribution < 1.29 is 14.7 Å². The van der Waals surface area contributed by atoms with Gasteiger partial charge in [0.05, 0.1) is 5.92 Å². The first-order valence-electron chi connectivity index (χ1n) is 8.42. The number of amides is 2. The van der Waals surface area contributed by atoms with E-state index >= 15 is 0 Å². The van der Waals surface area contributed by atoms with E-state index in [1.807, 2.05) is 35.2 Å². The summed E-state index contributed by atoms with van der Waals surface area (Å²) in [5, 5.41) is 12.1. The Morgan fingerprint density at radius 1 is 1.17 bits per heavy atom. The molecule has 1 aromatic rings. The second-order valence-corrected chi connectivity index (χ2v) is 6.24. The molecular formula is C18H26N2O3.